The van der Waals surface area contributed by atoms with Crippen LogP contribution in [0.25, 0.3) is 0 Å². The van der Waals surface area contributed by atoms with E-state index in [1.54, 1.807) is 0 Å². The van der Waals surface area contributed by atoms with Crippen molar-refractivity contribution in [3.8, 4) is 0 Å². The van der Waals surface area contributed by atoms with E-state index in [0.29, 0.717) is 38.2 Å². The summed E-state index contributed by atoms with van der Waals surface area (Å²) in [6.07, 6.45) is 2.40. The highest BCUT2D eigenvalue weighted by Gasteiger charge is 2.50. The van der Waals surface area contributed by atoms with Crippen molar-refractivity contribution >= 4 is 29.2 Å². The molecule has 0 radical (unpaired) electrons. The van der Waals surface area contributed by atoms with E-state index in [-0.39, 0.29) is 43.5 Å². The van der Waals surface area contributed by atoms with E-state index >= 15 is 0 Å². The van der Waals surface area contributed by atoms with Gasteiger partial charge in [-0.15, -0.1) is 0 Å². The predicted molar refractivity (Wildman–Crippen MR) is 180 cm³/mol. The molecule has 3 heterocycles. The average molecular weight is 657 g/mol. The molecule has 3 atom stereocenters. The number of aliphatic hydroxyl groups is 1. The Labute approximate surface area is 280 Å². The number of hydrogen-bond donors (Lipinski definition) is 4. The van der Waals surface area contributed by atoms with E-state index in [1.807, 2.05) is 66.7 Å². The summed E-state index contributed by atoms with van der Waals surface area (Å²) >= 11 is 0. The molecule has 6 rings (SSSR count). The number of para-hydroxylation sites is 1. The smallest absolute Gasteiger partial charge is 0.303 e. The molecule has 3 aliphatic rings. The number of amides is 2. The van der Waals surface area contributed by atoms with Gasteiger partial charge in [0.05, 0.1) is 25.5 Å². The number of aliphatic carboxylic acids is 1. The molecule has 0 saturated carbocycles. The summed E-state index contributed by atoms with van der Waals surface area (Å²) in [6, 6.07) is 25.3. The molecule has 3 fully saturated rings. The van der Waals surface area contributed by atoms with Gasteiger partial charge < -0.3 is 40.1 Å². The maximum absolute atomic E-state index is 13.2. The third kappa shape index (κ3) is 7.87. The van der Waals surface area contributed by atoms with E-state index in [2.05, 4.69) is 32.6 Å². The van der Waals surface area contributed by atoms with Crippen molar-refractivity contribution in [3.63, 3.8) is 0 Å². The molecule has 48 heavy (non-hydrogen) atoms. The number of carboxylic acids is 1. The molecule has 3 aromatic rings. The predicted octanol–water partition coefficient (Wildman–Crippen LogP) is 4.74. The first kappa shape index (κ1) is 33.6. The van der Waals surface area contributed by atoms with Crippen LogP contribution in [-0.4, -0.2) is 70.8 Å². The number of piperidine rings is 1. The average Bonchev–Trinajstić information content (AvgIpc) is 3.42. The molecule has 11 heteroatoms. The number of benzene rings is 3. The van der Waals surface area contributed by atoms with Gasteiger partial charge >= 0.3 is 5.97 Å². The lowest BCUT2D eigenvalue weighted by Crippen LogP contribution is -2.57. The summed E-state index contributed by atoms with van der Waals surface area (Å²) in [5.41, 5.74) is 3.82. The van der Waals surface area contributed by atoms with Gasteiger partial charge in [-0.25, -0.2) is 0 Å². The number of aliphatic hydroxyl groups excluding tert-OH is 1. The largest absolute Gasteiger partial charge is 0.481 e. The number of anilines is 2. The third-order valence-electron chi connectivity index (χ3n) is 9.68. The molecule has 4 N–H and O–H groups in total. The molecule has 0 aromatic heterocycles. The summed E-state index contributed by atoms with van der Waals surface area (Å²) in [7, 11) is 0. The van der Waals surface area contributed by atoms with E-state index in [9.17, 15) is 19.5 Å². The highest BCUT2D eigenvalue weighted by Crippen LogP contribution is 2.40. The SMILES string of the molecule is O=C(O)CCCCC(=O)Nc1ccc([C@@H]2O[C@H](CN3CCC4(CC3)C(=O)NCN4c3ccccc3)C[C@H](c3ccc(CO)cc3)O2)cc1. The molecule has 0 aliphatic carbocycles. The van der Waals surface area contributed by atoms with E-state index < -0.39 is 17.8 Å². The first-order valence-electron chi connectivity index (χ1n) is 16.8. The molecule has 0 bridgehead atoms. The number of nitrogens with one attached hydrogen (secondary N) is 2. The van der Waals surface area contributed by atoms with Crippen LogP contribution in [0, 0.1) is 0 Å². The van der Waals surface area contributed by atoms with Crippen molar-refractivity contribution in [2.45, 2.75) is 75.6 Å². The van der Waals surface area contributed by atoms with Gasteiger partial charge in [0.25, 0.3) is 0 Å². The molecular formula is C37H44N4O7. The zero-order valence-electron chi connectivity index (χ0n) is 27.1. The van der Waals surface area contributed by atoms with Crippen molar-refractivity contribution < 1.29 is 34.1 Å². The van der Waals surface area contributed by atoms with Crippen LogP contribution in [-0.2, 0) is 30.5 Å². The zero-order chi connectivity index (χ0) is 33.5. The number of ether oxygens (including phenoxy) is 2. The van der Waals surface area contributed by atoms with Crippen LogP contribution in [0.5, 0.6) is 0 Å². The number of carbonyl (C=O) groups excluding carboxylic acids is 2. The van der Waals surface area contributed by atoms with Crippen LogP contribution >= 0.6 is 0 Å². The fraction of sp³-hybridized carbons (Fsp3) is 0.432. The molecule has 254 valence electrons. The van der Waals surface area contributed by atoms with Gasteiger partial charge in [-0.2, -0.15) is 0 Å². The molecular weight excluding hydrogens is 612 g/mol. The van der Waals surface area contributed by atoms with Crippen LogP contribution < -0.4 is 15.5 Å². The number of likely N-dealkylation sites (tertiary alicyclic amines) is 1. The van der Waals surface area contributed by atoms with Crippen LogP contribution in [0.15, 0.2) is 78.9 Å². The Hall–Kier alpha value is -4.29. The summed E-state index contributed by atoms with van der Waals surface area (Å²) in [6.45, 7) is 2.72. The molecule has 0 unspecified atom stereocenters. The monoisotopic (exact) mass is 656 g/mol. The number of carboxylic acid groups (broad SMARTS) is 1. The lowest BCUT2D eigenvalue weighted by atomic mass is 9.85. The van der Waals surface area contributed by atoms with Crippen molar-refractivity contribution in [1.82, 2.24) is 10.2 Å². The maximum Gasteiger partial charge on any atom is 0.303 e. The Morgan fingerprint density at radius 3 is 2.27 bits per heavy atom. The quantitative estimate of drug-likeness (QED) is 0.204. The maximum atomic E-state index is 13.2. The van der Waals surface area contributed by atoms with Gasteiger partial charge in [0, 0.05) is 55.8 Å². The molecule has 3 saturated heterocycles. The van der Waals surface area contributed by atoms with Crippen molar-refractivity contribution in [1.29, 1.82) is 0 Å². The third-order valence-corrected chi connectivity index (χ3v) is 9.68. The topological polar surface area (TPSA) is 141 Å². The number of rotatable bonds is 12. The zero-order valence-corrected chi connectivity index (χ0v) is 27.1. The number of hydrogen-bond acceptors (Lipinski definition) is 8. The van der Waals surface area contributed by atoms with Crippen molar-refractivity contribution in [3.05, 3.63) is 95.6 Å². The minimum atomic E-state index is -0.859. The van der Waals surface area contributed by atoms with Crippen LogP contribution in [0.2, 0.25) is 0 Å². The minimum absolute atomic E-state index is 0.0262. The van der Waals surface area contributed by atoms with Gasteiger partial charge in [-0.3, -0.25) is 14.4 Å². The number of carbonyl (C=O) groups is 3. The van der Waals surface area contributed by atoms with Crippen LogP contribution in [0.4, 0.5) is 11.4 Å². The number of unbranched alkanes of at least 4 members (excludes halogenated alkanes) is 1. The Balaban J connectivity index is 1.11. The van der Waals surface area contributed by atoms with Gasteiger partial charge in [0.1, 0.15) is 5.54 Å². The van der Waals surface area contributed by atoms with E-state index in [1.165, 1.54) is 0 Å². The molecule has 1 spiro atoms. The first-order chi connectivity index (χ1) is 23.3. The molecule has 3 aromatic carbocycles. The fourth-order valence-electron chi connectivity index (χ4n) is 6.97. The summed E-state index contributed by atoms with van der Waals surface area (Å²) in [5.74, 6) is -0.921. The van der Waals surface area contributed by atoms with Crippen molar-refractivity contribution in [2.24, 2.45) is 0 Å². The Morgan fingerprint density at radius 2 is 1.58 bits per heavy atom. The van der Waals surface area contributed by atoms with Gasteiger partial charge in [0.2, 0.25) is 11.8 Å². The minimum Gasteiger partial charge on any atom is -0.481 e. The van der Waals surface area contributed by atoms with Crippen LogP contribution in [0.1, 0.15) is 74.0 Å². The normalized spacial score (nSPS) is 22.4. The summed E-state index contributed by atoms with van der Waals surface area (Å²) in [4.78, 5) is 40.8. The number of nitrogens with zero attached hydrogens (tertiary/aromatic N) is 2. The molecule has 11 nitrogen and oxygen atoms in total. The molecule has 2 amide bonds. The Bertz CT molecular complexity index is 1540. The highest BCUT2D eigenvalue weighted by atomic mass is 16.7. The van der Waals surface area contributed by atoms with Gasteiger partial charge in [-0.1, -0.05) is 54.6 Å². The van der Waals surface area contributed by atoms with Crippen molar-refractivity contribution in [2.75, 3.05) is 36.5 Å². The lowest BCUT2D eigenvalue weighted by Gasteiger charge is -2.45. The highest BCUT2D eigenvalue weighted by molar-refractivity contribution is 5.93. The first-order valence-corrected chi connectivity index (χ1v) is 16.8. The van der Waals surface area contributed by atoms with Gasteiger partial charge in [-0.05, 0) is 61.1 Å². The second-order valence-electron chi connectivity index (χ2n) is 12.9. The molecule has 3 aliphatic heterocycles. The van der Waals surface area contributed by atoms with Crippen LogP contribution in [0.3, 0.4) is 0 Å². The fourth-order valence-corrected chi connectivity index (χ4v) is 6.97. The van der Waals surface area contributed by atoms with Gasteiger partial charge in [0.15, 0.2) is 6.29 Å². The lowest BCUT2D eigenvalue weighted by molar-refractivity contribution is -0.253. The van der Waals surface area contributed by atoms with E-state index in [4.69, 9.17) is 14.6 Å². The standard InChI is InChI=1S/C37H44N4O7/c42-24-26-10-12-27(13-11-26)32-22-31(23-40-20-18-37(19-21-40)36(46)38-25-41(37)30-6-2-1-3-7-30)47-35(48-32)28-14-16-29(17-15-28)39-33(43)8-4-5-9-34(44)45/h1-3,6-7,10-17,31-32,35,42H,4-5,8-9,18-25H2,(H,38,46)(H,39,43)(H,44,45)/t31-,32+,35+/m0/s1. The second kappa shape index (κ2) is 15.3. The van der Waals surface area contributed by atoms with E-state index in [0.717, 1.165) is 48.3 Å². The Kier molecular flexibility index (Phi) is 10.7. The summed E-state index contributed by atoms with van der Waals surface area (Å²) < 4.78 is 13.1. The Morgan fingerprint density at radius 1 is 0.896 bits per heavy atom. The second-order valence-corrected chi connectivity index (χ2v) is 12.9. The summed E-state index contributed by atoms with van der Waals surface area (Å²) in [5, 5.41) is 24.3.